The summed E-state index contributed by atoms with van der Waals surface area (Å²) >= 11 is 0. The summed E-state index contributed by atoms with van der Waals surface area (Å²) in [6, 6.07) is 5.85. The second kappa shape index (κ2) is 14.4. The van der Waals surface area contributed by atoms with E-state index in [9.17, 15) is 14.4 Å². The van der Waals surface area contributed by atoms with E-state index in [0.29, 0.717) is 49.5 Å². The first-order valence-corrected chi connectivity index (χ1v) is 16.9. The van der Waals surface area contributed by atoms with E-state index in [1.54, 1.807) is 12.0 Å². The normalized spacial score (nSPS) is 21.6. The minimum atomic E-state index is -0.622. The van der Waals surface area contributed by atoms with Crippen LogP contribution >= 0.6 is 0 Å². The summed E-state index contributed by atoms with van der Waals surface area (Å²) in [4.78, 5) is 42.4. The van der Waals surface area contributed by atoms with Crippen LogP contribution in [0, 0.1) is 0 Å². The lowest BCUT2D eigenvalue weighted by atomic mass is 9.82. The van der Waals surface area contributed by atoms with Crippen LogP contribution in [0.2, 0.25) is 0 Å². The number of fused-ring (bicyclic) bond motifs is 3. The number of rotatable bonds is 6. The van der Waals surface area contributed by atoms with E-state index in [2.05, 4.69) is 16.7 Å². The maximum absolute atomic E-state index is 14.0. The molecule has 1 aromatic carbocycles. The summed E-state index contributed by atoms with van der Waals surface area (Å²) in [5.74, 6) is 0.384. The predicted molar refractivity (Wildman–Crippen MR) is 180 cm³/mol. The smallest absolute Gasteiger partial charge is 0.338 e. The number of methoxy groups -OCH3 is 1. The van der Waals surface area contributed by atoms with Gasteiger partial charge in [-0.3, -0.25) is 9.59 Å². The monoisotopic (exact) mass is 630 g/mol. The standard InChI is InChI=1S/C38H50N2O6/c1-25-22-39(23-26(2)45-25)35(42)21-34(41)29-14-10-15-30(44-6)16-11-17-32-36(27-12-8-7-9-13-27)31-19-18-28(20-33(31)40(32)24-29)37(43)46-38(3,4)5/h11,14-16,18-20,25-27H,7-10,12-13,17,21-24H2,1-6H3. The lowest BCUT2D eigenvalue weighted by Crippen LogP contribution is -2.48. The third-order valence-corrected chi connectivity index (χ3v) is 9.15. The fraction of sp³-hybridized carbons (Fsp3) is 0.553. The van der Waals surface area contributed by atoms with Gasteiger partial charge in [-0.2, -0.15) is 0 Å². The molecule has 5 rings (SSSR count). The number of benzene rings is 1. The first-order valence-electron chi connectivity index (χ1n) is 16.9. The predicted octanol–water partition coefficient (Wildman–Crippen LogP) is 7.20. The van der Waals surface area contributed by atoms with Gasteiger partial charge in [-0.15, -0.1) is 0 Å². The number of carbonyl (C=O) groups excluding carboxylic acids is 3. The molecule has 2 fully saturated rings. The SMILES string of the molecule is COC1=CCC=C(C(=O)CC(=O)N2CC(C)OC(C)C2)Cn2c(c(C3CCCCC3)c3ccc(C(=O)OC(C)(C)C)cc32)CC=C1. The van der Waals surface area contributed by atoms with E-state index in [4.69, 9.17) is 14.2 Å². The number of esters is 1. The largest absolute Gasteiger partial charge is 0.497 e. The first-order chi connectivity index (χ1) is 21.9. The minimum Gasteiger partial charge on any atom is -0.497 e. The summed E-state index contributed by atoms with van der Waals surface area (Å²) < 4.78 is 19.4. The van der Waals surface area contributed by atoms with E-state index >= 15 is 0 Å². The van der Waals surface area contributed by atoms with Crippen LogP contribution in [-0.2, 0) is 36.8 Å². The van der Waals surface area contributed by atoms with Crippen molar-refractivity contribution in [2.45, 2.75) is 116 Å². The van der Waals surface area contributed by atoms with Crippen LogP contribution in [0.4, 0.5) is 0 Å². The molecule has 2 aliphatic heterocycles. The number of morpholine rings is 1. The molecule has 248 valence electrons. The van der Waals surface area contributed by atoms with Crippen molar-refractivity contribution in [3.05, 3.63) is 70.7 Å². The van der Waals surface area contributed by atoms with Gasteiger partial charge in [0.15, 0.2) is 5.78 Å². The molecule has 1 aromatic heterocycles. The Morgan fingerprint density at radius 2 is 1.72 bits per heavy atom. The van der Waals surface area contributed by atoms with Crippen LogP contribution in [0.25, 0.3) is 10.9 Å². The third-order valence-electron chi connectivity index (χ3n) is 9.15. The van der Waals surface area contributed by atoms with Gasteiger partial charge in [0.2, 0.25) is 5.91 Å². The van der Waals surface area contributed by atoms with Gasteiger partial charge < -0.3 is 23.7 Å². The Morgan fingerprint density at radius 1 is 1.00 bits per heavy atom. The highest BCUT2D eigenvalue weighted by Crippen LogP contribution is 2.41. The molecule has 3 heterocycles. The molecule has 1 aliphatic carbocycles. The number of Topliss-reactive ketones (excluding diaryl/α,β-unsaturated/α-hetero) is 1. The Morgan fingerprint density at radius 3 is 2.39 bits per heavy atom. The van der Waals surface area contributed by atoms with Crippen LogP contribution in [0.15, 0.2) is 53.8 Å². The highest BCUT2D eigenvalue weighted by Gasteiger charge is 2.30. The summed E-state index contributed by atoms with van der Waals surface area (Å²) in [6.07, 6.45) is 14.6. The summed E-state index contributed by atoms with van der Waals surface area (Å²) in [7, 11) is 1.65. The van der Waals surface area contributed by atoms with Crippen molar-refractivity contribution < 1.29 is 28.6 Å². The lowest BCUT2D eigenvalue weighted by molar-refractivity contribution is -0.145. The molecule has 2 aromatic rings. The Labute approximate surface area is 273 Å². The second-order valence-electron chi connectivity index (χ2n) is 14.1. The number of nitrogens with zero attached hydrogens (tertiary/aromatic N) is 2. The topological polar surface area (TPSA) is 87.1 Å². The van der Waals surface area contributed by atoms with Crippen molar-refractivity contribution >= 4 is 28.6 Å². The van der Waals surface area contributed by atoms with Crippen molar-refractivity contribution in [3.8, 4) is 0 Å². The molecule has 3 aliphatic rings. The average Bonchev–Trinajstić information content (AvgIpc) is 3.28. The van der Waals surface area contributed by atoms with Crippen molar-refractivity contribution in [2.24, 2.45) is 0 Å². The van der Waals surface area contributed by atoms with Crippen molar-refractivity contribution in [3.63, 3.8) is 0 Å². The first kappa shape index (κ1) is 33.7. The Hall–Kier alpha value is -3.65. The highest BCUT2D eigenvalue weighted by molar-refractivity contribution is 6.07. The minimum absolute atomic E-state index is 0.0734. The summed E-state index contributed by atoms with van der Waals surface area (Å²) in [6.45, 7) is 10.8. The number of ether oxygens (including phenoxy) is 3. The number of allylic oxidation sites excluding steroid dienone is 5. The Kier molecular flexibility index (Phi) is 10.6. The van der Waals surface area contributed by atoms with Crippen molar-refractivity contribution in [2.75, 3.05) is 20.2 Å². The van der Waals surface area contributed by atoms with E-state index in [0.717, 1.165) is 35.2 Å². The quantitative estimate of drug-likeness (QED) is 0.248. The van der Waals surface area contributed by atoms with E-state index in [-0.39, 0.29) is 36.3 Å². The molecule has 2 unspecified atom stereocenters. The Bertz CT molecular complexity index is 1540. The molecule has 0 N–H and O–H groups in total. The van der Waals surface area contributed by atoms with Crippen molar-refractivity contribution in [1.29, 1.82) is 0 Å². The number of carbonyl (C=O) groups is 3. The molecule has 1 saturated heterocycles. The van der Waals surface area contributed by atoms with Gasteiger partial charge >= 0.3 is 5.97 Å². The number of aromatic nitrogens is 1. The zero-order valence-corrected chi connectivity index (χ0v) is 28.4. The van der Waals surface area contributed by atoms with Gasteiger partial charge in [-0.1, -0.05) is 37.5 Å². The van der Waals surface area contributed by atoms with Crippen LogP contribution in [0.3, 0.4) is 0 Å². The van der Waals surface area contributed by atoms with Gasteiger partial charge in [0.25, 0.3) is 0 Å². The maximum Gasteiger partial charge on any atom is 0.338 e. The number of hydrogen-bond acceptors (Lipinski definition) is 6. The van der Waals surface area contributed by atoms with E-state index < -0.39 is 5.60 Å². The van der Waals surface area contributed by atoms with E-state index in [1.807, 2.05) is 65.0 Å². The summed E-state index contributed by atoms with van der Waals surface area (Å²) in [5.41, 5.74) is 3.78. The van der Waals surface area contributed by atoms with Crippen LogP contribution in [0.5, 0.6) is 0 Å². The molecular weight excluding hydrogens is 580 g/mol. The molecule has 1 saturated carbocycles. The van der Waals surface area contributed by atoms with Gasteiger partial charge in [0.1, 0.15) is 11.4 Å². The molecule has 1 amide bonds. The summed E-state index contributed by atoms with van der Waals surface area (Å²) in [5, 5.41) is 1.11. The van der Waals surface area contributed by atoms with Gasteiger partial charge in [-0.05, 0) is 89.6 Å². The highest BCUT2D eigenvalue weighted by atomic mass is 16.6. The fourth-order valence-electron chi connectivity index (χ4n) is 7.15. The Balaban J connectivity index is 1.59. The lowest BCUT2D eigenvalue weighted by Gasteiger charge is -2.35. The number of hydrogen-bond donors (Lipinski definition) is 0. The van der Waals surface area contributed by atoms with Crippen LogP contribution < -0.4 is 0 Å². The number of ketones is 1. The zero-order chi connectivity index (χ0) is 33.0. The molecule has 0 spiro atoms. The second-order valence-corrected chi connectivity index (χ2v) is 14.1. The molecule has 8 nitrogen and oxygen atoms in total. The molecule has 0 radical (unpaired) electrons. The van der Waals surface area contributed by atoms with Crippen LogP contribution in [-0.4, -0.2) is 65.1 Å². The molecule has 46 heavy (non-hydrogen) atoms. The molecule has 0 bridgehead atoms. The zero-order valence-electron chi connectivity index (χ0n) is 28.4. The fourth-order valence-corrected chi connectivity index (χ4v) is 7.15. The molecule has 8 heteroatoms. The van der Waals surface area contributed by atoms with Gasteiger partial charge in [-0.25, -0.2) is 4.79 Å². The maximum atomic E-state index is 14.0. The van der Waals surface area contributed by atoms with Crippen LogP contribution in [0.1, 0.15) is 107 Å². The molecular formula is C38H50N2O6. The van der Waals surface area contributed by atoms with E-state index in [1.165, 1.54) is 24.8 Å². The van der Waals surface area contributed by atoms with Gasteiger partial charge in [0.05, 0.1) is 37.8 Å². The average molecular weight is 631 g/mol. The van der Waals surface area contributed by atoms with Gasteiger partial charge in [0, 0.05) is 41.7 Å². The molecule has 2 atom stereocenters. The number of amides is 1. The third kappa shape index (κ3) is 8.00. The van der Waals surface area contributed by atoms with Crippen molar-refractivity contribution in [1.82, 2.24) is 9.47 Å².